The average Bonchev–Trinajstić information content (AvgIpc) is 3.07. The first kappa shape index (κ1) is 15.0. The monoisotopic (exact) mass is 339 g/mol. The Labute approximate surface area is 151 Å². The zero-order chi connectivity index (χ0) is 17.5. The van der Waals surface area contributed by atoms with Crippen LogP contribution in [-0.4, -0.2) is 21.1 Å². The Bertz CT molecular complexity index is 1040. The molecule has 1 aromatic heterocycles. The summed E-state index contributed by atoms with van der Waals surface area (Å²) in [6.45, 7) is 1.91. The molecule has 5 rings (SSSR count). The van der Waals surface area contributed by atoms with E-state index in [9.17, 15) is 0 Å². The first-order valence-electron chi connectivity index (χ1n) is 8.72. The van der Waals surface area contributed by atoms with Crippen LogP contribution >= 0.6 is 0 Å². The summed E-state index contributed by atoms with van der Waals surface area (Å²) in [4.78, 5) is 13.9. The van der Waals surface area contributed by atoms with Gasteiger partial charge in [-0.25, -0.2) is 15.0 Å². The molecule has 0 bridgehead atoms. The average molecular weight is 339 g/mol. The Balaban J connectivity index is 1.67. The van der Waals surface area contributed by atoms with Crippen LogP contribution in [0, 0.1) is 6.92 Å². The number of aromatic nitrogens is 3. The van der Waals surface area contributed by atoms with Crippen LogP contribution < -0.4 is 4.74 Å². The molecule has 1 aliphatic carbocycles. The molecule has 2 unspecified atom stereocenters. The van der Waals surface area contributed by atoms with Crippen molar-refractivity contribution in [2.24, 2.45) is 0 Å². The lowest BCUT2D eigenvalue weighted by Crippen LogP contribution is -2.16. The Hall–Kier alpha value is -3.27. The summed E-state index contributed by atoms with van der Waals surface area (Å²) in [5.41, 5.74) is 3.15. The summed E-state index contributed by atoms with van der Waals surface area (Å²) in [5, 5.41) is 0. The van der Waals surface area contributed by atoms with Gasteiger partial charge in [0, 0.05) is 22.6 Å². The van der Waals surface area contributed by atoms with E-state index in [4.69, 9.17) is 9.72 Å². The molecular formula is C22H17N3O. The van der Waals surface area contributed by atoms with Crippen molar-refractivity contribution in [3.05, 3.63) is 84.2 Å². The van der Waals surface area contributed by atoms with E-state index in [1.165, 1.54) is 0 Å². The molecule has 4 heteroatoms. The molecule has 3 aromatic rings. The zero-order valence-corrected chi connectivity index (χ0v) is 14.3. The lowest BCUT2D eigenvalue weighted by atomic mass is 9.88. The van der Waals surface area contributed by atoms with Gasteiger partial charge < -0.3 is 4.74 Å². The topological polar surface area (TPSA) is 47.9 Å². The van der Waals surface area contributed by atoms with Gasteiger partial charge in [-0.2, -0.15) is 0 Å². The van der Waals surface area contributed by atoms with Crippen LogP contribution in [-0.2, 0) is 0 Å². The standard InChI is InChI=1S/C22H17N3O/c1-14-23-21(15-8-3-2-4-9-15)25-22(24-14)17-11-7-13-19-20(17)16-10-5-6-12-18(16)26-19/h2-13,16,18H,1H3. The summed E-state index contributed by atoms with van der Waals surface area (Å²) in [6, 6.07) is 16.1. The van der Waals surface area contributed by atoms with Gasteiger partial charge in [-0.05, 0) is 19.1 Å². The van der Waals surface area contributed by atoms with E-state index in [2.05, 4.69) is 34.3 Å². The van der Waals surface area contributed by atoms with Crippen LogP contribution in [0.1, 0.15) is 17.3 Å². The second kappa shape index (κ2) is 5.92. The maximum Gasteiger partial charge on any atom is 0.164 e. The molecule has 0 saturated carbocycles. The highest BCUT2D eigenvalue weighted by Crippen LogP contribution is 2.45. The van der Waals surface area contributed by atoms with Crippen LogP contribution in [0.5, 0.6) is 5.75 Å². The second-order valence-electron chi connectivity index (χ2n) is 6.49. The van der Waals surface area contributed by atoms with Crippen molar-refractivity contribution in [2.75, 3.05) is 0 Å². The minimum atomic E-state index is 0.0488. The number of nitrogens with zero attached hydrogens (tertiary/aromatic N) is 3. The minimum absolute atomic E-state index is 0.0488. The lowest BCUT2D eigenvalue weighted by molar-refractivity contribution is 0.269. The molecule has 126 valence electrons. The van der Waals surface area contributed by atoms with Gasteiger partial charge in [0.1, 0.15) is 17.7 Å². The Morgan fingerprint density at radius 2 is 1.62 bits per heavy atom. The van der Waals surface area contributed by atoms with Crippen LogP contribution in [0.15, 0.2) is 72.8 Å². The van der Waals surface area contributed by atoms with E-state index in [0.717, 1.165) is 22.4 Å². The summed E-state index contributed by atoms with van der Waals surface area (Å²) in [5.74, 6) is 3.21. The number of benzene rings is 2. The predicted molar refractivity (Wildman–Crippen MR) is 101 cm³/mol. The van der Waals surface area contributed by atoms with E-state index < -0.39 is 0 Å². The normalized spacial score (nSPS) is 19.7. The van der Waals surface area contributed by atoms with Gasteiger partial charge in [0.2, 0.25) is 0 Å². The quantitative estimate of drug-likeness (QED) is 0.690. The lowest BCUT2D eigenvalue weighted by Gasteiger charge is -2.15. The number of fused-ring (bicyclic) bond motifs is 3. The number of hydrogen-bond donors (Lipinski definition) is 0. The van der Waals surface area contributed by atoms with Crippen molar-refractivity contribution in [1.82, 2.24) is 15.0 Å². The molecule has 4 nitrogen and oxygen atoms in total. The molecule has 2 aliphatic rings. The highest BCUT2D eigenvalue weighted by molar-refractivity contribution is 5.70. The number of rotatable bonds is 2. The number of aryl methyl sites for hydroxylation is 1. The molecule has 0 N–H and O–H groups in total. The van der Waals surface area contributed by atoms with Crippen molar-refractivity contribution in [3.63, 3.8) is 0 Å². The maximum absolute atomic E-state index is 6.11. The van der Waals surface area contributed by atoms with Crippen molar-refractivity contribution in [3.8, 4) is 28.5 Å². The highest BCUT2D eigenvalue weighted by Gasteiger charge is 2.34. The van der Waals surface area contributed by atoms with Gasteiger partial charge in [-0.15, -0.1) is 0 Å². The Morgan fingerprint density at radius 3 is 2.50 bits per heavy atom. The highest BCUT2D eigenvalue weighted by atomic mass is 16.5. The summed E-state index contributed by atoms with van der Waals surface area (Å²) in [7, 11) is 0. The van der Waals surface area contributed by atoms with E-state index in [1.54, 1.807) is 0 Å². The largest absolute Gasteiger partial charge is 0.485 e. The molecule has 2 heterocycles. The fraction of sp³-hybridized carbons (Fsp3) is 0.136. The third kappa shape index (κ3) is 2.42. The third-order valence-electron chi connectivity index (χ3n) is 4.77. The van der Waals surface area contributed by atoms with Crippen molar-refractivity contribution in [1.29, 1.82) is 0 Å². The molecular weight excluding hydrogens is 322 g/mol. The molecule has 0 spiro atoms. The predicted octanol–water partition coefficient (Wildman–Crippen LogP) is 4.48. The van der Waals surface area contributed by atoms with Crippen LogP contribution in [0.4, 0.5) is 0 Å². The van der Waals surface area contributed by atoms with E-state index in [-0.39, 0.29) is 12.0 Å². The summed E-state index contributed by atoms with van der Waals surface area (Å²) >= 11 is 0. The molecule has 1 aliphatic heterocycles. The fourth-order valence-electron chi connectivity index (χ4n) is 3.61. The molecule has 0 amide bonds. The van der Waals surface area contributed by atoms with Gasteiger partial charge in [0.05, 0.1) is 0 Å². The van der Waals surface area contributed by atoms with E-state index in [0.29, 0.717) is 17.5 Å². The van der Waals surface area contributed by atoms with Gasteiger partial charge in [0.15, 0.2) is 11.6 Å². The number of hydrogen-bond acceptors (Lipinski definition) is 4. The van der Waals surface area contributed by atoms with E-state index in [1.807, 2.05) is 55.5 Å². The first-order chi connectivity index (χ1) is 12.8. The smallest absolute Gasteiger partial charge is 0.164 e. The minimum Gasteiger partial charge on any atom is -0.485 e. The SMILES string of the molecule is Cc1nc(-c2ccccc2)nc(-c2cccc3c2C2C=CC=CC2O3)n1. The molecule has 2 atom stereocenters. The third-order valence-corrected chi connectivity index (χ3v) is 4.77. The van der Waals surface area contributed by atoms with Gasteiger partial charge in [-0.1, -0.05) is 60.7 Å². The zero-order valence-electron chi connectivity index (χ0n) is 14.3. The molecule has 26 heavy (non-hydrogen) atoms. The van der Waals surface area contributed by atoms with Gasteiger partial charge in [0.25, 0.3) is 0 Å². The molecule has 0 saturated heterocycles. The first-order valence-corrected chi connectivity index (χ1v) is 8.72. The molecule has 2 aromatic carbocycles. The van der Waals surface area contributed by atoms with Crippen molar-refractivity contribution < 1.29 is 4.74 Å². The number of ether oxygens (including phenoxy) is 1. The van der Waals surface area contributed by atoms with Crippen LogP contribution in [0.3, 0.4) is 0 Å². The fourth-order valence-corrected chi connectivity index (χ4v) is 3.61. The van der Waals surface area contributed by atoms with Gasteiger partial charge >= 0.3 is 0 Å². The maximum atomic E-state index is 6.11. The van der Waals surface area contributed by atoms with Crippen molar-refractivity contribution in [2.45, 2.75) is 18.9 Å². The Kier molecular flexibility index (Phi) is 3.42. The number of allylic oxidation sites excluding steroid dienone is 2. The van der Waals surface area contributed by atoms with Crippen molar-refractivity contribution >= 4 is 0 Å². The summed E-state index contributed by atoms with van der Waals surface area (Å²) < 4.78 is 6.11. The van der Waals surface area contributed by atoms with Crippen LogP contribution in [0.2, 0.25) is 0 Å². The summed E-state index contributed by atoms with van der Waals surface area (Å²) in [6.07, 6.45) is 8.44. The Morgan fingerprint density at radius 1 is 0.808 bits per heavy atom. The molecule has 0 fully saturated rings. The van der Waals surface area contributed by atoms with Crippen LogP contribution in [0.25, 0.3) is 22.8 Å². The molecule has 0 radical (unpaired) electrons. The van der Waals surface area contributed by atoms with Gasteiger partial charge in [-0.3, -0.25) is 0 Å². The van der Waals surface area contributed by atoms with E-state index >= 15 is 0 Å². The second-order valence-corrected chi connectivity index (χ2v) is 6.49.